The van der Waals surface area contributed by atoms with Gasteiger partial charge in [-0.1, -0.05) is 20.8 Å². The molecule has 2 aromatic rings. The molecule has 1 fully saturated rings. The van der Waals surface area contributed by atoms with Crippen LogP contribution in [0.5, 0.6) is 0 Å². The van der Waals surface area contributed by atoms with Crippen LogP contribution in [0.25, 0.3) is 0 Å². The van der Waals surface area contributed by atoms with Gasteiger partial charge in [0.05, 0.1) is 0 Å². The van der Waals surface area contributed by atoms with Crippen molar-refractivity contribution in [1.29, 1.82) is 0 Å². The predicted octanol–water partition coefficient (Wildman–Crippen LogP) is 2.41. The Hall–Kier alpha value is -2.21. The number of rotatable bonds is 3. The highest BCUT2D eigenvalue weighted by Gasteiger charge is 2.24. The highest BCUT2D eigenvalue weighted by molar-refractivity contribution is 5.49. The van der Waals surface area contributed by atoms with Crippen LogP contribution in [-0.2, 0) is 19.0 Å². The molecule has 0 saturated carbocycles. The van der Waals surface area contributed by atoms with Crippen LogP contribution in [0.15, 0.2) is 23.1 Å². The Kier molecular flexibility index (Phi) is 5.38. The maximum atomic E-state index is 11.8. The highest BCUT2D eigenvalue weighted by atomic mass is 16.1. The Balaban J connectivity index is 1.71. The number of hydrogen-bond acceptors (Lipinski definition) is 5. The topological polar surface area (TPSA) is 54.3 Å². The van der Waals surface area contributed by atoms with Gasteiger partial charge < -0.3 is 9.47 Å². The van der Waals surface area contributed by atoms with Crippen molar-refractivity contribution in [2.75, 3.05) is 31.1 Å². The molecule has 1 aliphatic rings. The standard InChI is InChI=1S/C21H31N5O/c1-15-16(2)22-20(21(3,4)5)23-19(15)26-11-9-25(10-12-26)14-17-7-8-24(6)18(27)13-17/h7-8,13H,9-12,14H2,1-6H3. The summed E-state index contributed by atoms with van der Waals surface area (Å²) in [5, 5.41) is 0. The van der Waals surface area contributed by atoms with Crippen LogP contribution >= 0.6 is 0 Å². The van der Waals surface area contributed by atoms with Crippen LogP contribution in [0.3, 0.4) is 0 Å². The zero-order valence-electron chi connectivity index (χ0n) is 17.4. The Morgan fingerprint density at radius 2 is 1.74 bits per heavy atom. The third-order valence-corrected chi connectivity index (χ3v) is 5.28. The van der Waals surface area contributed by atoms with Crippen molar-refractivity contribution in [2.45, 2.75) is 46.6 Å². The largest absolute Gasteiger partial charge is 0.354 e. The van der Waals surface area contributed by atoms with Gasteiger partial charge in [-0.25, -0.2) is 9.97 Å². The molecule has 0 N–H and O–H groups in total. The molecule has 0 radical (unpaired) electrons. The van der Waals surface area contributed by atoms with E-state index in [2.05, 4.69) is 44.4 Å². The highest BCUT2D eigenvalue weighted by Crippen LogP contribution is 2.26. The molecule has 1 aliphatic heterocycles. The number of piperazine rings is 1. The van der Waals surface area contributed by atoms with Gasteiger partial charge in [-0.3, -0.25) is 9.69 Å². The van der Waals surface area contributed by atoms with Crippen molar-refractivity contribution in [1.82, 2.24) is 19.4 Å². The van der Waals surface area contributed by atoms with E-state index in [9.17, 15) is 4.79 Å². The minimum atomic E-state index is -0.0610. The van der Waals surface area contributed by atoms with Gasteiger partial charge in [0.15, 0.2) is 0 Å². The van der Waals surface area contributed by atoms with Crippen LogP contribution in [-0.4, -0.2) is 45.6 Å². The molecule has 0 aliphatic carbocycles. The lowest BCUT2D eigenvalue weighted by atomic mass is 9.95. The van der Waals surface area contributed by atoms with E-state index in [1.54, 1.807) is 17.7 Å². The van der Waals surface area contributed by atoms with Gasteiger partial charge >= 0.3 is 0 Å². The number of pyridine rings is 1. The average Bonchev–Trinajstić information content (AvgIpc) is 2.60. The molecule has 0 atom stereocenters. The summed E-state index contributed by atoms with van der Waals surface area (Å²) >= 11 is 0. The zero-order valence-corrected chi connectivity index (χ0v) is 17.4. The Morgan fingerprint density at radius 1 is 1.07 bits per heavy atom. The van der Waals surface area contributed by atoms with Gasteiger partial charge in [0, 0.05) is 68.7 Å². The quantitative estimate of drug-likeness (QED) is 0.832. The summed E-state index contributed by atoms with van der Waals surface area (Å²) < 4.78 is 1.61. The number of aryl methyl sites for hydroxylation is 2. The predicted molar refractivity (Wildman–Crippen MR) is 109 cm³/mol. The van der Waals surface area contributed by atoms with Crippen LogP contribution in [0.1, 0.15) is 43.4 Å². The van der Waals surface area contributed by atoms with Crippen molar-refractivity contribution in [3.8, 4) is 0 Å². The second-order valence-electron chi connectivity index (χ2n) is 8.58. The van der Waals surface area contributed by atoms with E-state index in [0.717, 1.165) is 55.6 Å². The molecule has 6 nitrogen and oxygen atoms in total. The van der Waals surface area contributed by atoms with E-state index in [4.69, 9.17) is 9.97 Å². The number of nitrogens with zero attached hydrogens (tertiary/aromatic N) is 5. The molecule has 0 bridgehead atoms. The molecule has 146 valence electrons. The molecule has 2 aromatic heterocycles. The summed E-state index contributed by atoms with van der Waals surface area (Å²) in [5.74, 6) is 1.98. The van der Waals surface area contributed by atoms with E-state index in [-0.39, 0.29) is 11.0 Å². The van der Waals surface area contributed by atoms with Gasteiger partial charge in [-0.2, -0.15) is 0 Å². The maximum Gasteiger partial charge on any atom is 0.250 e. The summed E-state index contributed by atoms with van der Waals surface area (Å²) in [5.41, 5.74) is 3.30. The number of anilines is 1. The molecule has 27 heavy (non-hydrogen) atoms. The van der Waals surface area contributed by atoms with Crippen molar-refractivity contribution < 1.29 is 0 Å². The molecule has 3 rings (SSSR count). The van der Waals surface area contributed by atoms with Crippen LogP contribution in [0.4, 0.5) is 5.82 Å². The first-order chi connectivity index (χ1) is 12.6. The smallest absolute Gasteiger partial charge is 0.250 e. The van der Waals surface area contributed by atoms with E-state index < -0.39 is 0 Å². The van der Waals surface area contributed by atoms with E-state index in [1.165, 1.54) is 5.56 Å². The molecule has 3 heterocycles. The Labute approximate surface area is 161 Å². The van der Waals surface area contributed by atoms with Crippen LogP contribution < -0.4 is 10.5 Å². The summed E-state index contributed by atoms with van der Waals surface area (Å²) in [7, 11) is 1.78. The van der Waals surface area contributed by atoms with Gasteiger partial charge in [0.1, 0.15) is 11.6 Å². The van der Waals surface area contributed by atoms with Crippen molar-refractivity contribution in [3.05, 3.63) is 51.3 Å². The second kappa shape index (κ2) is 7.43. The molecule has 6 heteroatoms. The molecular weight excluding hydrogens is 338 g/mol. The van der Waals surface area contributed by atoms with Crippen molar-refractivity contribution in [2.24, 2.45) is 7.05 Å². The normalized spacial score (nSPS) is 16.0. The minimum Gasteiger partial charge on any atom is -0.354 e. The summed E-state index contributed by atoms with van der Waals surface area (Å²) in [6, 6.07) is 3.77. The molecule has 1 saturated heterocycles. The van der Waals surface area contributed by atoms with Gasteiger partial charge in [0.2, 0.25) is 0 Å². The van der Waals surface area contributed by atoms with E-state index >= 15 is 0 Å². The number of aromatic nitrogens is 3. The second-order valence-corrected chi connectivity index (χ2v) is 8.58. The summed E-state index contributed by atoms with van der Waals surface area (Å²) in [6.07, 6.45) is 1.84. The molecule has 0 aromatic carbocycles. The fraction of sp³-hybridized carbons (Fsp3) is 0.571. The summed E-state index contributed by atoms with van der Waals surface area (Å²) in [6.45, 7) is 15.3. The molecular formula is C21H31N5O. The lowest BCUT2D eigenvalue weighted by molar-refractivity contribution is 0.249. The average molecular weight is 370 g/mol. The molecule has 0 amide bonds. The van der Waals surface area contributed by atoms with Crippen LogP contribution in [0.2, 0.25) is 0 Å². The first-order valence-electron chi connectivity index (χ1n) is 9.64. The minimum absolute atomic E-state index is 0.0490. The van der Waals surface area contributed by atoms with Crippen LogP contribution in [0, 0.1) is 13.8 Å². The lowest BCUT2D eigenvalue weighted by Crippen LogP contribution is -2.46. The monoisotopic (exact) mass is 369 g/mol. The first kappa shape index (κ1) is 19.5. The fourth-order valence-corrected chi connectivity index (χ4v) is 3.32. The Bertz CT molecular complexity index is 873. The van der Waals surface area contributed by atoms with E-state index in [1.807, 2.05) is 12.3 Å². The molecule has 0 unspecified atom stereocenters. The van der Waals surface area contributed by atoms with Crippen molar-refractivity contribution >= 4 is 5.82 Å². The van der Waals surface area contributed by atoms with Gasteiger partial charge in [0.25, 0.3) is 5.56 Å². The third-order valence-electron chi connectivity index (χ3n) is 5.28. The maximum absolute atomic E-state index is 11.8. The van der Waals surface area contributed by atoms with Gasteiger partial charge in [-0.05, 0) is 25.5 Å². The van der Waals surface area contributed by atoms with Gasteiger partial charge in [-0.15, -0.1) is 0 Å². The molecule has 0 spiro atoms. The lowest BCUT2D eigenvalue weighted by Gasteiger charge is -2.36. The third kappa shape index (κ3) is 4.38. The number of hydrogen-bond donors (Lipinski definition) is 0. The summed E-state index contributed by atoms with van der Waals surface area (Å²) in [4.78, 5) is 26.2. The fourth-order valence-electron chi connectivity index (χ4n) is 3.32. The first-order valence-corrected chi connectivity index (χ1v) is 9.64. The zero-order chi connectivity index (χ0) is 19.8. The van der Waals surface area contributed by atoms with Crippen molar-refractivity contribution in [3.63, 3.8) is 0 Å². The van der Waals surface area contributed by atoms with E-state index in [0.29, 0.717) is 0 Å². The SMILES string of the molecule is Cc1nc(C(C)(C)C)nc(N2CCN(Cc3ccn(C)c(=O)c3)CC2)c1C. The Morgan fingerprint density at radius 3 is 2.33 bits per heavy atom.